The summed E-state index contributed by atoms with van der Waals surface area (Å²) < 4.78 is 44.9. The van der Waals surface area contributed by atoms with Gasteiger partial charge in [-0.05, 0) is 50.2 Å². The predicted molar refractivity (Wildman–Crippen MR) is 133 cm³/mol. The molecule has 0 radical (unpaired) electrons. The highest BCUT2D eigenvalue weighted by molar-refractivity contribution is 7.93. The average Bonchev–Trinajstić information content (AvgIpc) is 3.06. The molecular weight excluding hydrogens is 492 g/mol. The van der Waals surface area contributed by atoms with Gasteiger partial charge >= 0.3 is 0 Å². The van der Waals surface area contributed by atoms with Crippen LogP contribution in [0.15, 0.2) is 65.6 Å². The predicted octanol–water partition coefficient (Wildman–Crippen LogP) is 4.08. The lowest BCUT2D eigenvalue weighted by Gasteiger charge is -2.27. The number of anilines is 1. The third-order valence-corrected chi connectivity index (χ3v) is 7.66. The Kier molecular flexibility index (Phi) is 6.44. The zero-order valence-corrected chi connectivity index (χ0v) is 21.2. The molecular formula is C25H25ClN2O6S. The van der Waals surface area contributed by atoms with Crippen molar-refractivity contribution in [2.75, 3.05) is 18.5 Å². The van der Waals surface area contributed by atoms with Crippen LogP contribution in [-0.2, 0) is 20.4 Å². The number of nitrogens with two attached hydrogens (primary N) is 1. The van der Waals surface area contributed by atoms with E-state index in [0.29, 0.717) is 26.4 Å². The summed E-state index contributed by atoms with van der Waals surface area (Å²) in [5.74, 6) is -0.0858. The largest absolute Gasteiger partial charge is 0.497 e. The Morgan fingerprint density at radius 2 is 1.66 bits per heavy atom. The molecule has 0 aliphatic carbocycles. The van der Waals surface area contributed by atoms with Crippen molar-refractivity contribution < 1.29 is 27.4 Å². The van der Waals surface area contributed by atoms with Gasteiger partial charge in [0.05, 0.1) is 26.0 Å². The van der Waals surface area contributed by atoms with Gasteiger partial charge in [0.1, 0.15) is 22.1 Å². The number of methoxy groups -OCH3 is 2. The van der Waals surface area contributed by atoms with E-state index in [4.69, 9.17) is 31.5 Å². The van der Waals surface area contributed by atoms with Crippen molar-refractivity contribution >= 4 is 33.2 Å². The summed E-state index contributed by atoms with van der Waals surface area (Å²) in [7, 11) is -1.67. The van der Waals surface area contributed by atoms with E-state index in [0.717, 1.165) is 0 Å². The Morgan fingerprint density at radius 1 is 0.943 bits per heavy atom. The van der Waals surface area contributed by atoms with Gasteiger partial charge in [-0.2, -0.15) is 0 Å². The lowest BCUT2D eigenvalue weighted by Crippen LogP contribution is -2.50. The van der Waals surface area contributed by atoms with Gasteiger partial charge in [-0.25, -0.2) is 12.7 Å². The van der Waals surface area contributed by atoms with Crippen LogP contribution in [0.2, 0.25) is 5.02 Å². The maximum atomic E-state index is 14.0. The molecule has 1 heterocycles. The molecule has 0 aromatic heterocycles. The van der Waals surface area contributed by atoms with Crippen LogP contribution in [0.4, 0.5) is 5.69 Å². The molecule has 1 atom stereocenters. The summed E-state index contributed by atoms with van der Waals surface area (Å²) in [5.41, 5.74) is 5.60. The van der Waals surface area contributed by atoms with Crippen molar-refractivity contribution in [1.29, 1.82) is 0 Å². The minimum atomic E-state index is -4.46. The number of para-hydroxylation sites is 1. The fraction of sp³-hybridized carbons (Fsp3) is 0.240. The maximum Gasteiger partial charge on any atom is 0.274 e. The standard InChI is InChI=1S/C25H25ClN2O6S/c1-15(2)34-21-8-6-5-7-18(21)25(27)19-13-16(26)9-11-20(19)28(24(25)29)35(30,31)23-12-10-17(32-3)14-22(23)33-4/h5-15H,27H2,1-4H3. The molecule has 0 saturated heterocycles. The SMILES string of the molecule is COc1ccc(S(=O)(=O)N2C(=O)C(N)(c3ccccc3OC(C)C)c3cc(Cl)ccc32)c(OC)c1. The van der Waals surface area contributed by atoms with Gasteiger partial charge in [0, 0.05) is 22.2 Å². The van der Waals surface area contributed by atoms with Crippen LogP contribution in [0.5, 0.6) is 17.2 Å². The number of benzene rings is 3. The molecule has 0 fully saturated rings. The number of fused-ring (bicyclic) bond motifs is 1. The first kappa shape index (κ1) is 24.8. The second-order valence-corrected chi connectivity index (χ2v) is 10.4. The summed E-state index contributed by atoms with van der Waals surface area (Å²) in [6, 6.07) is 15.5. The number of sulfonamides is 1. The van der Waals surface area contributed by atoms with Gasteiger partial charge < -0.3 is 19.9 Å². The third-order valence-electron chi connectivity index (χ3n) is 5.69. The zero-order chi connectivity index (χ0) is 25.5. The number of carbonyl (C=O) groups is 1. The molecule has 184 valence electrons. The molecule has 0 saturated carbocycles. The number of nitrogens with zero attached hydrogens (tertiary/aromatic N) is 1. The highest BCUT2D eigenvalue weighted by atomic mass is 35.5. The van der Waals surface area contributed by atoms with E-state index in [1.165, 1.54) is 50.6 Å². The minimum Gasteiger partial charge on any atom is -0.497 e. The topological polar surface area (TPSA) is 108 Å². The van der Waals surface area contributed by atoms with Crippen LogP contribution >= 0.6 is 11.6 Å². The van der Waals surface area contributed by atoms with E-state index in [2.05, 4.69) is 0 Å². The lowest BCUT2D eigenvalue weighted by atomic mass is 9.84. The smallest absolute Gasteiger partial charge is 0.274 e. The molecule has 0 spiro atoms. The molecule has 4 rings (SSSR count). The summed E-state index contributed by atoms with van der Waals surface area (Å²) in [5, 5.41) is 0.301. The molecule has 1 unspecified atom stereocenters. The third kappa shape index (κ3) is 3.99. The Hall–Kier alpha value is -3.27. The van der Waals surface area contributed by atoms with E-state index >= 15 is 0 Å². The second-order valence-electron chi connectivity index (χ2n) is 8.22. The zero-order valence-electron chi connectivity index (χ0n) is 19.6. The van der Waals surface area contributed by atoms with Crippen molar-refractivity contribution in [3.8, 4) is 17.2 Å². The number of carbonyl (C=O) groups excluding carboxylic acids is 1. The number of halogens is 1. The van der Waals surface area contributed by atoms with Gasteiger partial charge in [-0.15, -0.1) is 0 Å². The maximum absolute atomic E-state index is 14.0. The number of rotatable bonds is 7. The number of amides is 1. The fourth-order valence-electron chi connectivity index (χ4n) is 4.12. The van der Waals surface area contributed by atoms with Crippen molar-refractivity contribution in [2.45, 2.75) is 30.4 Å². The van der Waals surface area contributed by atoms with Gasteiger partial charge in [0.15, 0.2) is 5.54 Å². The van der Waals surface area contributed by atoms with E-state index in [-0.39, 0.29) is 28.0 Å². The molecule has 3 aromatic carbocycles. The number of ether oxygens (including phenoxy) is 3. The molecule has 10 heteroatoms. The molecule has 35 heavy (non-hydrogen) atoms. The van der Waals surface area contributed by atoms with E-state index in [1.54, 1.807) is 24.3 Å². The first-order valence-corrected chi connectivity index (χ1v) is 12.5. The van der Waals surface area contributed by atoms with Crippen molar-refractivity contribution in [3.05, 3.63) is 76.8 Å². The minimum absolute atomic E-state index is 0.0192. The summed E-state index contributed by atoms with van der Waals surface area (Å²) in [6.07, 6.45) is -0.210. The molecule has 8 nitrogen and oxygen atoms in total. The highest BCUT2D eigenvalue weighted by Crippen LogP contribution is 2.49. The van der Waals surface area contributed by atoms with Crippen molar-refractivity contribution in [1.82, 2.24) is 0 Å². The molecule has 1 amide bonds. The Balaban J connectivity index is 1.96. The van der Waals surface area contributed by atoms with Gasteiger partial charge in [-0.1, -0.05) is 29.8 Å². The van der Waals surface area contributed by atoms with E-state index < -0.39 is 21.5 Å². The monoisotopic (exact) mass is 516 g/mol. The van der Waals surface area contributed by atoms with Gasteiger partial charge in [-0.3, -0.25) is 4.79 Å². The molecule has 0 bridgehead atoms. The van der Waals surface area contributed by atoms with Gasteiger partial charge in [0.25, 0.3) is 15.9 Å². The normalized spacial score (nSPS) is 17.5. The Labute approximate surface area is 209 Å². The number of hydrogen-bond donors (Lipinski definition) is 1. The quantitative estimate of drug-likeness (QED) is 0.504. The molecule has 3 aromatic rings. The van der Waals surface area contributed by atoms with Crippen LogP contribution in [0, 0.1) is 0 Å². The summed E-state index contributed by atoms with van der Waals surface area (Å²) in [6.45, 7) is 3.68. The Morgan fingerprint density at radius 3 is 2.31 bits per heavy atom. The molecule has 2 N–H and O–H groups in total. The van der Waals surface area contributed by atoms with E-state index in [1.807, 2.05) is 13.8 Å². The van der Waals surface area contributed by atoms with E-state index in [9.17, 15) is 13.2 Å². The van der Waals surface area contributed by atoms with Crippen LogP contribution in [0.25, 0.3) is 0 Å². The van der Waals surface area contributed by atoms with Crippen molar-refractivity contribution in [2.24, 2.45) is 5.73 Å². The van der Waals surface area contributed by atoms with Crippen LogP contribution in [-0.4, -0.2) is 34.6 Å². The summed E-state index contributed by atoms with van der Waals surface area (Å²) >= 11 is 6.27. The van der Waals surface area contributed by atoms with Crippen LogP contribution in [0.1, 0.15) is 25.0 Å². The second kappa shape index (κ2) is 9.07. The average molecular weight is 517 g/mol. The first-order valence-electron chi connectivity index (χ1n) is 10.7. The van der Waals surface area contributed by atoms with Crippen LogP contribution < -0.4 is 24.2 Å². The lowest BCUT2D eigenvalue weighted by molar-refractivity contribution is -0.120. The molecule has 1 aliphatic rings. The van der Waals surface area contributed by atoms with Crippen molar-refractivity contribution in [3.63, 3.8) is 0 Å². The summed E-state index contributed by atoms with van der Waals surface area (Å²) in [4.78, 5) is 13.8. The van der Waals surface area contributed by atoms with Gasteiger partial charge in [0.2, 0.25) is 0 Å². The molecule has 1 aliphatic heterocycles. The Bertz CT molecular complexity index is 1410. The first-order chi connectivity index (χ1) is 16.5. The fourth-order valence-corrected chi connectivity index (χ4v) is 5.91. The van der Waals surface area contributed by atoms with Crippen LogP contribution in [0.3, 0.4) is 0 Å². The number of hydrogen-bond acceptors (Lipinski definition) is 7. The highest BCUT2D eigenvalue weighted by Gasteiger charge is 2.55.